The van der Waals surface area contributed by atoms with Gasteiger partial charge in [0.15, 0.2) is 0 Å². The molecule has 0 spiro atoms. The number of alkyl halides is 1. The zero-order chi connectivity index (χ0) is 10.4. The van der Waals surface area contributed by atoms with Crippen LogP contribution in [-0.2, 0) is 0 Å². The molecule has 0 atom stereocenters. The van der Waals surface area contributed by atoms with E-state index in [2.05, 4.69) is 29.8 Å². The second-order valence-corrected chi connectivity index (χ2v) is 5.45. The SMILES string of the molecule is CCC(CC)(CBr)C1CCCCCC1. The summed E-state index contributed by atoms with van der Waals surface area (Å²) in [5.41, 5.74) is 0.602. The minimum atomic E-state index is 0.602. The van der Waals surface area contributed by atoms with Crippen LogP contribution in [0, 0.1) is 11.3 Å². The fraction of sp³-hybridized carbons (Fsp3) is 1.00. The molecule has 1 fully saturated rings. The number of hydrogen-bond donors (Lipinski definition) is 0. The molecule has 0 amide bonds. The van der Waals surface area contributed by atoms with Crippen LogP contribution < -0.4 is 0 Å². The highest BCUT2D eigenvalue weighted by atomic mass is 79.9. The summed E-state index contributed by atoms with van der Waals surface area (Å²) < 4.78 is 0. The molecule has 1 saturated carbocycles. The molecule has 0 radical (unpaired) electrons. The van der Waals surface area contributed by atoms with E-state index in [1.54, 1.807) is 0 Å². The zero-order valence-electron chi connectivity index (χ0n) is 9.82. The van der Waals surface area contributed by atoms with Gasteiger partial charge in [-0.2, -0.15) is 0 Å². The van der Waals surface area contributed by atoms with Crippen LogP contribution in [0.5, 0.6) is 0 Å². The van der Waals surface area contributed by atoms with E-state index in [1.807, 2.05) is 0 Å². The Bertz CT molecular complexity index is 133. The van der Waals surface area contributed by atoms with Crippen molar-refractivity contribution in [2.45, 2.75) is 65.2 Å². The fourth-order valence-corrected chi connectivity index (χ4v) is 4.27. The predicted octanol–water partition coefficient (Wildman–Crippen LogP) is 5.16. The molecule has 0 bridgehead atoms. The molecule has 0 saturated heterocycles. The Hall–Kier alpha value is 0.480. The average Bonchev–Trinajstić information content (AvgIpc) is 2.51. The van der Waals surface area contributed by atoms with Gasteiger partial charge in [0.25, 0.3) is 0 Å². The van der Waals surface area contributed by atoms with E-state index in [0.717, 1.165) is 5.92 Å². The number of hydrogen-bond acceptors (Lipinski definition) is 0. The van der Waals surface area contributed by atoms with Gasteiger partial charge >= 0.3 is 0 Å². The highest BCUT2D eigenvalue weighted by Crippen LogP contribution is 2.43. The molecule has 0 N–H and O–H groups in total. The predicted molar refractivity (Wildman–Crippen MR) is 68.0 cm³/mol. The van der Waals surface area contributed by atoms with Gasteiger partial charge in [-0.05, 0) is 37.0 Å². The average molecular weight is 261 g/mol. The molecule has 0 heterocycles. The third kappa shape index (κ3) is 2.74. The normalized spacial score (nSPS) is 20.8. The molecule has 1 heteroatoms. The van der Waals surface area contributed by atoms with Crippen LogP contribution in [0.25, 0.3) is 0 Å². The van der Waals surface area contributed by atoms with Gasteiger partial charge in [-0.3, -0.25) is 0 Å². The van der Waals surface area contributed by atoms with Crippen molar-refractivity contribution in [2.24, 2.45) is 11.3 Å². The first-order valence-corrected chi connectivity index (χ1v) is 7.47. The van der Waals surface area contributed by atoms with Crippen molar-refractivity contribution in [3.05, 3.63) is 0 Å². The highest BCUT2D eigenvalue weighted by molar-refractivity contribution is 9.09. The van der Waals surface area contributed by atoms with Gasteiger partial charge in [0.1, 0.15) is 0 Å². The lowest BCUT2D eigenvalue weighted by molar-refractivity contribution is 0.157. The summed E-state index contributed by atoms with van der Waals surface area (Å²) in [7, 11) is 0. The Kier molecular flexibility index (Phi) is 5.51. The molecule has 84 valence electrons. The Morgan fingerprint density at radius 2 is 1.50 bits per heavy atom. The van der Waals surface area contributed by atoms with Crippen LogP contribution in [-0.4, -0.2) is 5.33 Å². The van der Waals surface area contributed by atoms with Crippen LogP contribution in [0.15, 0.2) is 0 Å². The van der Waals surface area contributed by atoms with E-state index in [4.69, 9.17) is 0 Å². The van der Waals surface area contributed by atoms with Crippen molar-refractivity contribution in [1.29, 1.82) is 0 Å². The Morgan fingerprint density at radius 3 is 1.86 bits per heavy atom. The van der Waals surface area contributed by atoms with Gasteiger partial charge in [-0.15, -0.1) is 0 Å². The van der Waals surface area contributed by atoms with Crippen molar-refractivity contribution >= 4 is 15.9 Å². The van der Waals surface area contributed by atoms with E-state index in [-0.39, 0.29) is 0 Å². The quantitative estimate of drug-likeness (QED) is 0.484. The smallest absolute Gasteiger partial charge is 0.00904 e. The zero-order valence-corrected chi connectivity index (χ0v) is 11.4. The number of halogens is 1. The monoisotopic (exact) mass is 260 g/mol. The molecule has 1 aliphatic carbocycles. The molecule has 0 unspecified atom stereocenters. The van der Waals surface area contributed by atoms with Crippen molar-refractivity contribution in [1.82, 2.24) is 0 Å². The molecule has 14 heavy (non-hydrogen) atoms. The van der Waals surface area contributed by atoms with Crippen LogP contribution >= 0.6 is 15.9 Å². The maximum absolute atomic E-state index is 3.75. The molecular weight excluding hydrogens is 236 g/mol. The lowest BCUT2D eigenvalue weighted by Gasteiger charge is -2.38. The summed E-state index contributed by atoms with van der Waals surface area (Å²) in [4.78, 5) is 0. The second-order valence-electron chi connectivity index (χ2n) is 4.89. The summed E-state index contributed by atoms with van der Waals surface area (Å²) in [6.45, 7) is 4.74. The lowest BCUT2D eigenvalue weighted by Crippen LogP contribution is -2.31. The van der Waals surface area contributed by atoms with Gasteiger partial charge in [0, 0.05) is 5.33 Å². The molecule has 0 aromatic heterocycles. The summed E-state index contributed by atoms with van der Waals surface area (Å²) in [5, 5.41) is 1.21. The highest BCUT2D eigenvalue weighted by Gasteiger charge is 2.34. The first-order chi connectivity index (χ1) is 6.79. The van der Waals surface area contributed by atoms with E-state index < -0.39 is 0 Å². The standard InChI is InChI=1S/C13H25Br/c1-3-13(4-2,11-14)12-9-7-5-6-8-10-12/h12H,3-11H2,1-2H3. The minimum Gasteiger partial charge on any atom is -0.0922 e. The molecule has 0 aromatic rings. The van der Waals surface area contributed by atoms with Gasteiger partial charge in [0.05, 0.1) is 0 Å². The first-order valence-electron chi connectivity index (χ1n) is 6.35. The fourth-order valence-electron chi connectivity index (χ4n) is 3.02. The third-order valence-corrected chi connectivity index (χ3v) is 5.51. The van der Waals surface area contributed by atoms with Crippen molar-refractivity contribution in [3.63, 3.8) is 0 Å². The molecule has 0 aromatic carbocycles. The summed E-state index contributed by atoms with van der Waals surface area (Å²) in [5.74, 6) is 0.986. The van der Waals surface area contributed by atoms with E-state index >= 15 is 0 Å². The largest absolute Gasteiger partial charge is 0.0922 e. The second kappa shape index (κ2) is 6.15. The van der Waals surface area contributed by atoms with Crippen molar-refractivity contribution in [3.8, 4) is 0 Å². The Balaban J connectivity index is 2.64. The van der Waals surface area contributed by atoms with Crippen LogP contribution in [0.2, 0.25) is 0 Å². The molecular formula is C13H25Br. The van der Waals surface area contributed by atoms with Gasteiger partial charge in [0.2, 0.25) is 0 Å². The molecule has 1 rings (SSSR count). The van der Waals surface area contributed by atoms with E-state index in [9.17, 15) is 0 Å². The number of rotatable bonds is 4. The molecule has 0 aliphatic heterocycles. The third-order valence-electron chi connectivity index (χ3n) is 4.40. The lowest BCUT2D eigenvalue weighted by atomic mass is 9.70. The van der Waals surface area contributed by atoms with Crippen molar-refractivity contribution in [2.75, 3.05) is 5.33 Å². The maximum Gasteiger partial charge on any atom is 0.00904 e. The summed E-state index contributed by atoms with van der Waals surface area (Å²) in [6, 6.07) is 0. The summed E-state index contributed by atoms with van der Waals surface area (Å²) >= 11 is 3.75. The van der Waals surface area contributed by atoms with E-state index in [0.29, 0.717) is 5.41 Å². The maximum atomic E-state index is 3.75. The summed E-state index contributed by atoms with van der Waals surface area (Å²) in [6.07, 6.45) is 11.5. The Labute approximate surface area is 98.0 Å². The first kappa shape index (κ1) is 12.5. The van der Waals surface area contributed by atoms with E-state index in [1.165, 1.54) is 56.7 Å². The van der Waals surface area contributed by atoms with Crippen molar-refractivity contribution < 1.29 is 0 Å². The van der Waals surface area contributed by atoms with Crippen LogP contribution in [0.4, 0.5) is 0 Å². The minimum absolute atomic E-state index is 0.602. The Morgan fingerprint density at radius 1 is 1.00 bits per heavy atom. The topological polar surface area (TPSA) is 0 Å². The molecule has 1 aliphatic rings. The van der Waals surface area contributed by atoms with Crippen LogP contribution in [0.1, 0.15) is 65.2 Å². The van der Waals surface area contributed by atoms with Crippen LogP contribution in [0.3, 0.4) is 0 Å². The van der Waals surface area contributed by atoms with Gasteiger partial charge in [-0.25, -0.2) is 0 Å². The van der Waals surface area contributed by atoms with Gasteiger partial charge in [-0.1, -0.05) is 55.5 Å². The molecule has 0 nitrogen and oxygen atoms in total. The van der Waals surface area contributed by atoms with Gasteiger partial charge < -0.3 is 0 Å².